The molecule has 24 heavy (non-hydrogen) atoms. The number of carbonyl (C=O) groups excluding carboxylic acids is 1. The van der Waals surface area contributed by atoms with Crippen molar-refractivity contribution in [2.75, 3.05) is 6.61 Å². The fourth-order valence-corrected chi connectivity index (χ4v) is 2.95. The zero-order valence-corrected chi connectivity index (χ0v) is 15.6. The number of aromatic nitrogens is 1. The van der Waals surface area contributed by atoms with E-state index in [0.29, 0.717) is 22.2 Å². The Bertz CT molecular complexity index is 960. The Morgan fingerprint density at radius 3 is 2.50 bits per heavy atom. The van der Waals surface area contributed by atoms with Gasteiger partial charge in [0.05, 0.1) is 16.8 Å². The number of nitrogens with zero attached hydrogens (tertiary/aromatic N) is 1. The van der Waals surface area contributed by atoms with Crippen LogP contribution in [-0.2, 0) is 4.74 Å². The summed E-state index contributed by atoms with van der Waals surface area (Å²) < 4.78 is 6.95. The molecule has 0 fully saturated rings. The van der Waals surface area contributed by atoms with Crippen molar-refractivity contribution in [2.24, 2.45) is 0 Å². The van der Waals surface area contributed by atoms with E-state index in [1.54, 1.807) is 6.07 Å². The second-order valence-corrected chi connectivity index (χ2v) is 6.84. The molecule has 0 radical (unpaired) electrons. The lowest BCUT2D eigenvalue weighted by Crippen LogP contribution is -2.07. The van der Waals surface area contributed by atoms with Crippen LogP contribution >= 0.6 is 31.9 Å². The largest absolute Gasteiger partial charge is 0.449 e. The minimum absolute atomic E-state index is 0.0652. The number of carbonyl (C=O) groups is 1. The Hall–Kier alpha value is -2.16. The minimum Gasteiger partial charge on any atom is -0.449 e. The first kappa shape index (κ1) is 16.7. The van der Waals surface area contributed by atoms with Gasteiger partial charge in [-0.1, -0.05) is 49.9 Å². The van der Waals surface area contributed by atoms with Gasteiger partial charge in [-0.25, -0.2) is 9.78 Å². The summed E-state index contributed by atoms with van der Waals surface area (Å²) in [6.45, 7) is -0.0652. The van der Waals surface area contributed by atoms with Gasteiger partial charge in [-0.2, -0.15) is 0 Å². The molecule has 3 nitrogen and oxygen atoms in total. The number of hydrogen-bond acceptors (Lipinski definition) is 3. The molecule has 0 aliphatic heterocycles. The van der Waals surface area contributed by atoms with Gasteiger partial charge in [-0.05, 0) is 36.4 Å². The van der Waals surface area contributed by atoms with Crippen LogP contribution in [0.4, 0.5) is 0 Å². The van der Waals surface area contributed by atoms with Crippen LogP contribution in [-0.4, -0.2) is 17.6 Å². The highest BCUT2D eigenvalue weighted by atomic mass is 79.9. The van der Waals surface area contributed by atoms with Crippen molar-refractivity contribution < 1.29 is 9.53 Å². The molecule has 0 amide bonds. The maximum Gasteiger partial charge on any atom is 0.339 e. The summed E-state index contributed by atoms with van der Waals surface area (Å²) in [7, 11) is 0. The van der Waals surface area contributed by atoms with E-state index >= 15 is 0 Å². The molecule has 118 valence electrons. The summed E-state index contributed by atoms with van der Waals surface area (Å²) in [4.78, 5) is 17.1. The number of halogens is 2. The summed E-state index contributed by atoms with van der Waals surface area (Å²) in [5.41, 5.74) is 2.76. The average Bonchev–Trinajstić information content (AvgIpc) is 2.59. The fraction of sp³-hybridized carbons (Fsp3) is 0.0526. The van der Waals surface area contributed by atoms with E-state index in [2.05, 4.69) is 42.8 Å². The standard InChI is InChI=1S/C19H11Br2NO2/c1-2-9-24-19(23)16-11-18(12-3-5-13(20)6-4-12)22-17-8-7-14(21)10-15(16)17/h1,3-8,10-11H,9H2. The normalized spacial score (nSPS) is 10.4. The molecule has 2 aromatic carbocycles. The lowest BCUT2D eigenvalue weighted by atomic mass is 10.0. The predicted octanol–water partition coefficient (Wildman–Crippen LogP) is 5.22. The van der Waals surface area contributed by atoms with E-state index in [0.717, 1.165) is 14.5 Å². The number of terminal acetylenes is 1. The molecule has 1 heterocycles. The van der Waals surface area contributed by atoms with Crippen molar-refractivity contribution in [3.05, 3.63) is 63.0 Å². The molecular formula is C19H11Br2NO2. The molecule has 3 aromatic rings. The molecule has 0 saturated heterocycles. The summed E-state index contributed by atoms with van der Waals surface area (Å²) in [5.74, 6) is 1.85. The first-order valence-electron chi connectivity index (χ1n) is 7.05. The van der Waals surface area contributed by atoms with Crippen LogP contribution in [0.2, 0.25) is 0 Å². The Morgan fingerprint density at radius 2 is 1.79 bits per heavy atom. The van der Waals surface area contributed by atoms with E-state index in [-0.39, 0.29) is 6.61 Å². The maximum atomic E-state index is 12.4. The number of hydrogen-bond donors (Lipinski definition) is 0. The third kappa shape index (κ3) is 3.50. The third-order valence-electron chi connectivity index (χ3n) is 3.42. The SMILES string of the molecule is C#CCOC(=O)c1cc(-c2ccc(Br)cc2)nc2ccc(Br)cc12. The van der Waals surface area contributed by atoms with Crippen molar-refractivity contribution in [3.63, 3.8) is 0 Å². The van der Waals surface area contributed by atoms with Crippen LogP contribution in [0.5, 0.6) is 0 Å². The Kier molecular flexibility index (Phi) is 4.98. The average molecular weight is 445 g/mol. The van der Waals surface area contributed by atoms with Gasteiger partial charge >= 0.3 is 5.97 Å². The van der Waals surface area contributed by atoms with Crippen molar-refractivity contribution in [2.45, 2.75) is 0 Å². The van der Waals surface area contributed by atoms with E-state index in [1.165, 1.54) is 0 Å². The van der Waals surface area contributed by atoms with Gasteiger partial charge in [0.15, 0.2) is 6.61 Å². The van der Waals surface area contributed by atoms with Gasteiger partial charge in [0.25, 0.3) is 0 Å². The molecule has 5 heteroatoms. The molecule has 0 unspecified atom stereocenters. The predicted molar refractivity (Wildman–Crippen MR) is 102 cm³/mol. The Morgan fingerprint density at radius 1 is 1.08 bits per heavy atom. The number of esters is 1. The highest BCUT2D eigenvalue weighted by molar-refractivity contribution is 9.10. The monoisotopic (exact) mass is 443 g/mol. The highest BCUT2D eigenvalue weighted by Gasteiger charge is 2.15. The highest BCUT2D eigenvalue weighted by Crippen LogP contribution is 2.28. The smallest absolute Gasteiger partial charge is 0.339 e. The summed E-state index contributed by atoms with van der Waals surface area (Å²) in [6, 6.07) is 15.1. The van der Waals surface area contributed by atoms with Crippen LogP contribution in [0, 0.1) is 12.3 Å². The third-order valence-corrected chi connectivity index (χ3v) is 4.44. The molecule has 0 aliphatic rings. The molecule has 0 atom stereocenters. The van der Waals surface area contributed by atoms with E-state index in [9.17, 15) is 4.79 Å². The van der Waals surface area contributed by atoms with E-state index in [4.69, 9.17) is 11.2 Å². The topological polar surface area (TPSA) is 39.2 Å². The second-order valence-electron chi connectivity index (χ2n) is 5.00. The molecule has 0 spiro atoms. The van der Waals surface area contributed by atoms with Crippen LogP contribution in [0.15, 0.2) is 57.5 Å². The molecule has 0 saturated carbocycles. The van der Waals surface area contributed by atoms with Crippen LogP contribution < -0.4 is 0 Å². The van der Waals surface area contributed by atoms with Gasteiger partial charge < -0.3 is 4.74 Å². The molecule has 0 aliphatic carbocycles. The van der Waals surface area contributed by atoms with Gasteiger partial charge in [0.1, 0.15) is 0 Å². The maximum absolute atomic E-state index is 12.4. The van der Waals surface area contributed by atoms with E-state index < -0.39 is 5.97 Å². The van der Waals surface area contributed by atoms with Gasteiger partial charge in [-0.15, -0.1) is 6.42 Å². The number of benzene rings is 2. The second kappa shape index (κ2) is 7.16. The van der Waals surface area contributed by atoms with Crippen molar-refractivity contribution in [1.29, 1.82) is 0 Å². The molecule has 1 aromatic heterocycles. The van der Waals surface area contributed by atoms with Gasteiger partial charge in [-0.3, -0.25) is 0 Å². The number of ether oxygens (including phenoxy) is 1. The summed E-state index contributed by atoms with van der Waals surface area (Å²) >= 11 is 6.84. The lowest BCUT2D eigenvalue weighted by molar-refractivity contribution is 0.0559. The van der Waals surface area contributed by atoms with Gasteiger partial charge in [0, 0.05) is 19.9 Å². The zero-order chi connectivity index (χ0) is 17.1. The van der Waals surface area contributed by atoms with Crippen molar-refractivity contribution >= 4 is 48.7 Å². The zero-order valence-electron chi connectivity index (χ0n) is 12.4. The van der Waals surface area contributed by atoms with E-state index in [1.807, 2.05) is 42.5 Å². The Labute approximate surface area is 156 Å². The van der Waals surface area contributed by atoms with Crippen LogP contribution in [0.3, 0.4) is 0 Å². The van der Waals surface area contributed by atoms with Crippen molar-refractivity contribution in [1.82, 2.24) is 4.98 Å². The van der Waals surface area contributed by atoms with Crippen LogP contribution in [0.25, 0.3) is 22.2 Å². The first-order chi connectivity index (χ1) is 11.6. The minimum atomic E-state index is -0.461. The van der Waals surface area contributed by atoms with Crippen LogP contribution in [0.1, 0.15) is 10.4 Å². The molecule has 0 bridgehead atoms. The lowest BCUT2D eigenvalue weighted by Gasteiger charge is -2.10. The number of rotatable bonds is 3. The summed E-state index contributed by atoms with van der Waals surface area (Å²) in [6.07, 6.45) is 5.18. The number of fused-ring (bicyclic) bond motifs is 1. The number of pyridine rings is 1. The molecule has 3 rings (SSSR count). The van der Waals surface area contributed by atoms with Gasteiger partial charge in [0.2, 0.25) is 0 Å². The fourth-order valence-electron chi connectivity index (χ4n) is 2.32. The molecular weight excluding hydrogens is 434 g/mol. The quantitative estimate of drug-likeness (QED) is 0.410. The Balaban J connectivity index is 2.19. The summed E-state index contributed by atoms with van der Waals surface area (Å²) in [5, 5.41) is 0.715. The molecule has 0 N–H and O–H groups in total. The first-order valence-corrected chi connectivity index (χ1v) is 8.64. The van der Waals surface area contributed by atoms with Crippen molar-refractivity contribution in [3.8, 4) is 23.6 Å².